The van der Waals surface area contributed by atoms with Crippen molar-refractivity contribution in [3.8, 4) is 0 Å². The summed E-state index contributed by atoms with van der Waals surface area (Å²) in [5.41, 5.74) is 1.31. The van der Waals surface area contributed by atoms with Crippen LogP contribution < -0.4 is 0 Å². The quantitative estimate of drug-likeness (QED) is 0.926. The lowest BCUT2D eigenvalue weighted by atomic mass is 9.87. The van der Waals surface area contributed by atoms with Crippen LogP contribution in [0, 0.1) is 0 Å². The smallest absolute Gasteiger partial charge is 0.383 e. The second-order valence-corrected chi connectivity index (χ2v) is 8.17. The van der Waals surface area contributed by atoms with Crippen molar-refractivity contribution in [2.75, 3.05) is 5.75 Å². The zero-order valence-electron chi connectivity index (χ0n) is 12.1. The molecule has 1 aromatic carbocycles. The third-order valence-electron chi connectivity index (χ3n) is 3.00. The van der Waals surface area contributed by atoms with E-state index in [0.717, 1.165) is 5.56 Å². The molecule has 0 aromatic heterocycles. The molecule has 0 saturated carbocycles. The molecule has 7 heteroatoms. The minimum atomic E-state index is -4.93. The van der Waals surface area contributed by atoms with E-state index < -0.39 is 33.6 Å². The number of aliphatic hydroxyl groups excluding tert-OH is 1. The Morgan fingerprint density at radius 2 is 1.57 bits per heavy atom. The highest BCUT2D eigenvalue weighted by atomic mass is 32.2. The molecule has 1 aromatic rings. The zero-order chi connectivity index (χ0) is 16.5. The van der Waals surface area contributed by atoms with Crippen LogP contribution in [0.1, 0.15) is 31.9 Å². The maximum Gasteiger partial charge on any atom is 0.415 e. The van der Waals surface area contributed by atoms with Crippen LogP contribution in [-0.4, -0.2) is 31.6 Å². The van der Waals surface area contributed by atoms with Gasteiger partial charge in [0.15, 0.2) is 15.9 Å². The molecule has 1 unspecified atom stereocenters. The lowest BCUT2D eigenvalue weighted by Crippen LogP contribution is -2.35. The molecular formula is C14H19F3O3S. The Morgan fingerprint density at radius 1 is 1.10 bits per heavy atom. The molecular weight excluding hydrogens is 305 g/mol. The number of sulfone groups is 1. The molecule has 0 saturated heterocycles. The first-order valence-electron chi connectivity index (χ1n) is 6.36. The molecule has 1 rings (SSSR count). The largest absolute Gasteiger partial charge is 0.415 e. The van der Waals surface area contributed by atoms with Gasteiger partial charge < -0.3 is 5.11 Å². The number of halogens is 3. The Labute approximate surface area is 122 Å². The van der Waals surface area contributed by atoms with Crippen molar-refractivity contribution in [3.05, 3.63) is 35.4 Å². The SMILES string of the molecule is CC(C)(C)c1ccc(CS(=O)(=O)CC(O)C(F)(F)F)cc1. The summed E-state index contributed by atoms with van der Waals surface area (Å²) in [6.07, 6.45) is -7.78. The van der Waals surface area contributed by atoms with Crippen molar-refractivity contribution in [2.24, 2.45) is 0 Å². The maximum absolute atomic E-state index is 12.2. The monoisotopic (exact) mass is 324 g/mol. The fourth-order valence-corrected chi connectivity index (χ4v) is 3.24. The van der Waals surface area contributed by atoms with E-state index >= 15 is 0 Å². The molecule has 0 bridgehead atoms. The molecule has 0 aliphatic heterocycles. The molecule has 21 heavy (non-hydrogen) atoms. The lowest BCUT2D eigenvalue weighted by molar-refractivity contribution is -0.196. The topological polar surface area (TPSA) is 54.4 Å². The Kier molecular flexibility index (Phi) is 5.10. The summed E-state index contributed by atoms with van der Waals surface area (Å²) in [4.78, 5) is 0. The van der Waals surface area contributed by atoms with Crippen molar-refractivity contribution in [1.29, 1.82) is 0 Å². The first-order valence-corrected chi connectivity index (χ1v) is 8.18. The summed E-state index contributed by atoms with van der Waals surface area (Å²) in [6.45, 7) is 6.00. The highest BCUT2D eigenvalue weighted by Gasteiger charge is 2.40. The van der Waals surface area contributed by atoms with Gasteiger partial charge in [-0.25, -0.2) is 8.42 Å². The van der Waals surface area contributed by atoms with Crippen LogP contribution in [0.15, 0.2) is 24.3 Å². The van der Waals surface area contributed by atoms with Crippen molar-refractivity contribution in [2.45, 2.75) is 44.2 Å². The fourth-order valence-electron chi connectivity index (χ4n) is 1.75. The van der Waals surface area contributed by atoms with Gasteiger partial charge in [-0.15, -0.1) is 0 Å². The van der Waals surface area contributed by atoms with Gasteiger partial charge in [-0.3, -0.25) is 0 Å². The minimum Gasteiger partial charge on any atom is -0.383 e. The molecule has 0 radical (unpaired) electrons. The molecule has 0 aliphatic carbocycles. The molecule has 120 valence electrons. The van der Waals surface area contributed by atoms with E-state index in [1.54, 1.807) is 24.3 Å². The number of benzene rings is 1. The fraction of sp³-hybridized carbons (Fsp3) is 0.571. The predicted octanol–water partition coefficient (Wildman–Crippen LogP) is 2.82. The van der Waals surface area contributed by atoms with E-state index in [1.165, 1.54) is 0 Å². The second kappa shape index (κ2) is 5.96. The summed E-state index contributed by atoms with van der Waals surface area (Å²) in [5.74, 6) is -1.85. The summed E-state index contributed by atoms with van der Waals surface area (Å²) >= 11 is 0. The highest BCUT2D eigenvalue weighted by molar-refractivity contribution is 7.90. The number of rotatable bonds is 4. The van der Waals surface area contributed by atoms with E-state index in [-0.39, 0.29) is 5.41 Å². The third-order valence-corrected chi connectivity index (χ3v) is 4.59. The van der Waals surface area contributed by atoms with E-state index in [1.807, 2.05) is 20.8 Å². The average molecular weight is 324 g/mol. The molecule has 0 fully saturated rings. The zero-order valence-corrected chi connectivity index (χ0v) is 12.9. The Morgan fingerprint density at radius 3 is 1.95 bits per heavy atom. The van der Waals surface area contributed by atoms with Crippen molar-refractivity contribution in [3.63, 3.8) is 0 Å². The van der Waals surface area contributed by atoms with Crippen molar-refractivity contribution >= 4 is 9.84 Å². The Bertz CT molecular complexity index is 569. The summed E-state index contributed by atoms with van der Waals surface area (Å²) in [7, 11) is -4.04. The molecule has 0 spiro atoms. The molecule has 0 heterocycles. The van der Waals surface area contributed by atoms with Crippen LogP contribution in [0.3, 0.4) is 0 Å². The Balaban J connectivity index is 2.81. The van der Waals surface area contributed by atoms with E-state index in [2.05, 4.69) is 0 Å². The summed E-state index contributed by atoms with van der Waals surface area (Å²) in [6, 6.07) is 6.67. The number of aliphatic hydroxyl groups is 1. The number of alkyl halides is 3. The van der Waals surface area contributed by atoms with E-state index in [0.29, 0.717) is 5.56 Å². The van der Waals surface area contributed by atoms with E-state index in [4.69, 9.17) is 5.11 Å². The predicted molar refractivity (Wildman–Crippen MR) is 74.7 cm³/mol. The van der Waals surface area contributed by atoms with Gasteiger partial charge in [-0.1, -0.05) is 45.0 Å². The number of hydrogen-bond acceptors (Lipinski definition) is 3. The normalized spacial score (nSPS) is 15.0. The van der Waals surface area contributed by atoms with Crippen molar-refractivity contribution in [1.82, 2.24) is 0 Å². The van der Waals surface area contributed by atoms with Crippen LogP contribution in [0.2, 0.25) is 0 Å². The van der Waals surface area contributed by atoms with Gasteiger partial charge in [0.1, 0.15) is 0 Å². The van der Waals surface area contributed by atoms with E-state index in [9.17, 15) is 21.6 Å². The maximum atomic E-state index is 12.2. The third kappa shape index (κ3) is 5.67. The molecule has 0 amide bonds. The van der Waals surface area contributed by atoms with Gasteiger partial charge in [-0.05, 0) is 16.5 Å². The lowest BCUT2D eigenvalue weighted by Gasteiger charge is -2.19. The Hall–Kier alpha value is -1.08. The van der Waals surface area contributed by atoms with Gasteiger partial charge in [0.2, 0.25) is 0 Å². The minimum absolute atomic E-state index is 0.0934. The van der Waals surface area contributed by atoms with Crippen molar-refractivity contribution < 1.29 is 26.7 Å². The van der Waals surface area contributed by atoms with Crippen LogP contribution in [0.25, 0.3) is 0 Å². The molecule has 3 nitrogen and oxygen atoms in total. The van der Waals surface area contributed by atoms with Gasteiger partial charge in [0, 0.05) is 0 Å². The molecule has 0 aliphatic rings. The summed E-state index contributed by atoms with van der Waals surface area (Å²) < 4.78 is 59.9. The van der Waals surface area contributed by atoms with Crippen LogP contribution in [-0.2, 0) is 21.0 Å². The number of hydrogen-bond donors (Lipinski definition) is 1. The van der Waals surface area contributed by atoms with Crippen LogP contribution in [0.4, 0.5) is 13.2 Å². The van der Waals surface area contributed by atoms with Crippen LogP contribution >= 0.6 is 0 Å². The average Bonchev–Trinajstić information content (AvgIpc) is 2.25. The van der Waals surface area contributed by atoms with Gasteiger partial charge in [-0.2, -0.15) is 13.2 Å². The molecule has 1 atom stereocenters. The standard InChI is InChI=1S/C14H19F3O3S/c1-13(2,3)11-6-4-10(5-7-11)8-21(19,20)9-12(18)14(15,16)17/h4-7,12,18H,8-9H2,1-3H3. The van der Waals surface area contributed by atoms with Gasteiger partial charge >= 0.3 is 6.18 Å². The summed E-state index contributed by atoms with van der Waals surface area (Å²) in [5, 5.41) is 8.85. The second-order valence-electron chi connectivity index (χ2n) is 6.06. The van der Waals surface area contributed by atoms with Crippen LogP contribution in [0.5, 0.6) is 0 Å². The van der Waals surface area contributed by atoms with Gasteiger partial charge in [0.25, 0.3) is 0 Å². The first-order chi connectivity index (χ1) is 9.31. The molecule has 1 N–H and O–H groups in total. The highest BCUT2D eigenvalue weighted by Crippen LogP contribution is 2.24. The first kappa shape index (κ1) is 18.0. The van der Waals surface area contributed by atoms with Gasteiger partial charge in [0.05, 0.1) is 11.5 Å².